The van der Waals surface area contributed by atoms with Gasteiger partial charge in [-0.25, -0.2) is 12.8 Å². The first-order valence-corrected chi connectivity index (χ1v) is 7.06. The Kier molecular flexibility index (Phi) is 2.99. The van der Waals surface area contributed by atoms with E-state index in [2.05, 4.69) is 0 Å². The van der Waals surface area contributed by atoms with Crippen molar-refractivity contribution < 1.29 is 12.8 Å². The van der Waals surface area contributed by atoms with Gasteiger partial charge in [-0.05, 0) is 18.9 Å². The molecule has 0 aliphatic carbocycles. The van der Waals surface area contributed by atoms with Gasteiger partial charge in [0.05, 0.1) is 12.3 Å². The molecule has 0 radical (unpaired) electrons. The monoisotopic (exact) mass is 243 g/mol. The average molecular weight is 243 g/mol. The number of rotatable bonds is 2. The molecule has 0 bridgehead atoms. The van der Waals surface area contributed by atoms with Crippen LogP contribution in [0.25, 0.3) is 0 Å². The summed E-state index contributed by atoms with van der Waals surface area (Å²) in [6.45, 7) is 0.484. The maximum absolute atomic E-state index is 13.6. The zero-order valence-electron chi connectivity index (χ0n) is 9.06. The van der Waals surface area contributed by atoms with Crippen LogP contribution in [0.5, 0.6) is 0 Å². The molecule has 0 N–H and O–H groups in total. The number of benzene rings is 1. The summed E-state index contributed by atoms with van der Waals surface area (Å²) in [5, 5.41) is 0. The van der Waals surface area contributed by atoms with Gasteiger partial charge in [0.2, 0.25) is 10.0 Å². The van der Waals surface area contributed by atoms with Crippen LogP contribution in [-0.4, -0.2) is 25.5 Å². The molecule has 1 fully saturated rings. The first-order chi connectivity index (χ1) is 7.50. The van der Waals surface area contributed by atoms with E-state index in [1.165, 1.54) is 16.6 Å². The van der Waals surface area contributed by atoms with Crippen LogP contribution < -0.4 is 0 Å². The van der Waals surface area contributed by atoms with Gasteiger partial charge >= 0.3 is 0 Å². The molecule has 16 heavy (non-hydrogen) atoms. The van der Waals surface area contributed by atoms with Gasteiger partial charge in [-0.15, -0.1) is 0 Å². The molecule has 0 spiro atoms. The van der Waals surface area contributed by atoms with Crippen LogP contribution >= 0.6 is 0 Å². The fraction of sp³-hybridized carbons (Fsp3) is 0.455. The summed E-state index contributed by atoms with van der Waals surface area (Å²) in [7, 11) is -3.25. The van der Waals surface area contributed by atoms with E-state index >= 15 is 0 Å². The minimum absolute atomic E-state index is 0.331. The molecular weight excluding hydrogens is 229 g/mol. The minimum atomic E-state index is -3.25. The fourth-order valence-electron chi connectivity index (χ4n) is 2.19. The summed E-state index contributed by atoms with van der Waals surface area (Å²) in [5.41, 5.74) is 0.477. The van der Waals surface area contributed by atoms with E-state index in [1.54, 1.807) is 18.2 Å². The second-order valence-electron chi connectivity index (χ2n) is 4.05. The van der Waals surface area contributed by atoms with Gasteiger partial charge in [0.15, 0.2) is 0 Å². The summed E-state index contributed by atoms with van der Waals surface area (Å²) in [4.78, 5) is 0. The molecule has 0 aromatic heterocycles. The molecular formula is C11H14FNO2S. The molecule has 1 aliphatic rings. The van der Waals surface area contributed by atoms with Crippen LogP contribution in [0.1, 0.15) is 24.4 Å². The van der Waals surface area contributed by atoms with E-state index in [0.29, 0.717) is 18.5 Å². The third-order valence-corrected chi connectivity index (χ3v) is 4.18. The lowest BCUT2D eigenvalue weighted by atomic mass is 10.1. The van der Waals surface area contributed by atoms with E-state index in [9.17, 15) is 12.8 Å². The van der Waals surface area contributed by atoms with Gasteiger partial charge in [0.25, 0.3) is 0 Å². The van der Waals surface area contributed by atoms with Crippen molar-refractivity contribution in [3.63, 3.8) is 0 Å². The highest BCUT2D eigenvalue weighted by molar-refractivity contribution is 7.88. The summed E-state index contributed by atoms with van der Waals surface area (Å²) >= 11 is 0. The van der Waals surface area contributed by atoms with Crippen LogP contribution in [0.3, 0.4) is 0 Å². The highest BCUT2D eigenvalue weighted by Gasteiger charge is 2.33. The van der Waals surface area contributed by atoms with Crippen LogP contribution in [0, 0.1) is 5.82 Å². The van der Waals surface area contributed by atoms with Crippen molar-refractivity contribution >= 4 is 10.0 Å². The lowest BCUT2D eigenvalue weighted by molar-refractivity contribution is 0.389. The zero-order chi connectivity index (χ0) is 11.8. The molecule has 5 heteroatoms. The zero-order valence-corrected chi connectivity index (χ0v) is 9.87. The minimum Gasteiger partial charge on any atom is -0.212 e. The SMILES string of the molecule is CS(=O)(=O)N1CCCC1c1ccccc1F. The smallest absolute Gasteiger partial charge is 0.211 e. The number of hydrogen-bond acceptors (Lipinski definition) is 2. The Hall–Kier alpha value is -0.940. The van der Waals surface area contributed by atoms with Crippen LogP contribution in [0.2, 0.25) is 0 Å². The third-order valence-electron chi connectivity index (χ3n) is 2.89. The predicted molar refractivity (Wildman–Crippen MR) is 59.9 cm³/mol. The Labute approximate surface area is 94.9 Å². The van der Waals surface area contributed by atoms with Gasteiger partial charge in [-0.3, -0.25) is 0 Å². The van der Waals surface area contributed by atoms with Crippen molar-refractivity contribution in [1.29, 1.82) is 0 Å². The molecule has 3 nitrogen and oxygen atoms in total. The highest BCUT2D eigenvalue weighted by atomic mass is 32.2. The Morgan fingerprint density at radius 1 is 1.38 bits per heavy atom. The molecule has 0 saturated carbocycles. The lowest BCUT2D eigenvalue weighted by Crippen LogP contribution is -2.29. The number of sulfonamides is 1. The summed E-state index contributed by atoms with van der Waals surface area (Å²) in [5.74, 6) is -0.331. The normalized spacial score (nSPS) is 22.5. The molecule has 1 atom stereocenters. The van der Waals surface area contributed by atoms with Crippen molar-refractivity contribution in [2.75, 3.05) is 12.8 Å². The number of hydrogen-bond donors (Lipinski definition) is 0. The molecule has 1 saturated heterocycles. The van der Waals surface area contributed by atoms with Crippen molar-refractivity contribution in [2.45, 2.75) is 18.9 Å². The molecule has 1 aromatic rings. The Balaban J connectivity index is 2.38. The second-order valence-corrected chi connectivity index (χ2v) is 5.99. The van der Waals surface area contributed by atoms with Crippen molar-refractivity contribution in [3.8, 4) is 0 Å². The predicted octanol–water partition coefficient (Wildman–Crippen LogP) is 1.92. The molecule has 1 heterocycles. The Morgan fingerprint density at radius 2 is 2.06 bits per heavy atom. The molecule has 1 aliphatic heterocycles. The topological polar surface area (TPSA) is 37.4 Å². The van der Waals surface area contributed by atoms with Crippen LogP contribution in [0.15, 0.2) is 24.3 Å². The average Bonchev–Trinajstić information content (AvgIpc) is 2.66. The summed E-state index contributed by atoms with van der Waals surface area (Å²) < 4.78 is 38.0. The van der Waals surface area contributed by atoms with Crippen LogP contribution in [0.4, 0.5) is 4.39 Å². The Morgan fingerprint density at radius 3 is 2.69 bits per heavy atom. The summed E-state index contributed by atoms with van der Waals surface area (Å²) in [6.07, 6.45) is 2.65. The second kappa shape index (κ2) is 4.14. The largest absolute Gasteiger partial charge is 0.212 e. The van der Waals surface area contributed by atoms with Crippen molar-refractivity contribution in [3.05, 3.63) is 35.6 Å². The van der Waals surface area contributed by atoms with Crippen LogP contribution in [-0.2, 0) is 10.0 Å². The quantitative estimate of drug-likeness (QED) is 0.796. The standard InChI is InChI=1S/C11H14FNO2S/c1-16(14,15)13-8-4-7-11(13)9-5-2-3-6-10(9)12/h2-3,5-6,11H,4,7-8H2,1H3. The molecule has 1 unspecified atom stereocenters. The molecule has 2 rings (SSSR count). The summed E-state index contributed by atoms with van der Waals surface area (Å²) in [6, 6.07) is 6.03. The molecule has 1 aromatic carbocycles. The highest BCUT2D eigenvalue weighted by Crippen LogP contribution is 2.34. The lowest BCUT2D eigenvalue weighted by Gasteiger charge is -2.22. The van der Waals surface area contributed by atoms with E-state index in [0.717, 1.165) is 6.42 Å². The van der Waals surface area contributed by atoms with E-state index < -0.39 is 10.0 Å². The van der Waals surface area contributed by atoms with Crippen molar-refractivity contribution in [2.24, 2.45) is 0 Å². The van der Waals surface area contributed by atoms with E-state index in [1.807, 2.05) is 0 Å². The van der Waals surface area contributed by atoms with Gasteiger partial charge in [0, 0.05) is 12.1 Å². The van der Waals surface area contributed by atoms with Gasteiger partial charge in [0.1, 0.15) is 5.82 Å². The fourth-order valence-corrected chi connectivity index (χ4v) is 3.34. The first-order valence-electron chi connectivity index (χ1n) is 5.21. The van der Waals surface area contributed by atoms with Gasteiger partial charge in [-0.1, -0.05) is 18.2 Å². The maximum Gasteiger partial charge on any atom is 0.211 e. The van der Waals surface area contributed by atoms with Gasteiger partial charge in [-0.2, -0.15) is 4.31 Å². The number of halogens is 1. The van der Waals surface area contributed by atoms with Crippen molar-refractivity contribution in [1.82, 2.24) is 4.31 Å². The molecule has 88 valence electrons. The maximum atomic E-state index is 13.6. The third kappa shape index (κ3) is 2.10. The first kappa shape index (κ1) is 11.5. The van der Waals surface area contributed by atoms with E-state index in [-0.39, 0.29) is 11.9 Å². The van der Waals surface area contributed by atoms with Gasteiger partial charge < -0.3 is 0 Å². The van der Waals surface area contributed by atoms with E-state index in [4.69, 9.17) is 0 Å². The Bertz CT molecular complexity index is 487. The number of nitrogens with zero attached hydrogens (tertiary/aromatic N) is 1. The molecule has 0 amide bonds.